The number of fused-ring (bicyclic) bond motifs is 1. The second-order valence-electron chi connectivity index (χ2n) is 6.41. The molecule has 164 valence electrons. The van der Waals surface area contributed by atoms with Crippen molar-refractivity contribution in [3.63, 3.8) is 0 Å². The number of para-hydroxylation sites is 1. The van der Waals surface area contributed by atoms with Crippen molar-refractivity contribution in [2.75, 3.05) is 38.8 Å². The Hall–Kier alpha value is -2.36. The number of rotatable bonds is 7. The van der Waals surface area contributed by atoms with Crippen LogP contribution in [-0.4, -0.2) is 39.4 Å². The highest BCUT2D eigenvalue weighted by atomic mass is 127. The predicted molar refractivity (Wildman–Crippen MR) is 130 cm³/mol. The van der Waals surface area contributed by atoms with E-state index in [2.05, 4.69) is 10.6 Å². The fraction of sp³-hybridized carbons (Fsp3) is 0.409. The average Bonchev–Trinajstić information content (AvgIpc) is 2.99. The number of halogens is 1. The number of nitrogens with zero attached hydrogens (tertiary/aromatic N) is 1. The van der Waals surface area contributed by atoms with Gasteiger partial charge in [0.05, 0.1) is 33.5 Å². The van der Waals surface area contributed by atoms with Crippen molar-refractivity contribution in [2.45, 2.75) is 26.8 Å². The fourth-order valence-corrected chi connectivity index (χ4v) is 3.01. The molecule has 7 nitrogen and oxygen atoms in total. The minimum atomic E-state index is 0. The van der Waals surface area contributed by atoms with E-state index in [1.807, 2.05) is 50.2 Å². The van der Waals surface area contributed by atoms with E-state index in [-0.39, 0.29) is 24.0 Å². The lowest BCUT2D eigenvalue weighted by atomic mass is 10.2. The zero-order chi connectivity index (χ0) is 20.5. The molecule has 2 N–H and O–H groups in total. The van der Waals surface area contributed by atoms with Crippen molar-refractivity contribution in [3.8, 4) is 23.0 Å². The van der Waals surface area contributed by atoms with E-state index in [1.165, 1.54) is 0 Å². The van der Waals surface area contributed by atoms with Crippen molar-refractivity contribution in [1.82, 2.24) is 5.32 Å². The molecule has 1 aliphatic rings. The van der Waals surface area contributed by atoms with E-state index in [4.69, 9.17) is 23.9 Å². The number of guanidine groups is 1. The predicted octanol–water partition coefficient (Wildman–Crippen LogP) is 4.45. The summed E-state index contributed by atoms with van der Waals surface area (Å²) in [7, 11) is 1.63. The molecule has 0 unspecified atom stereocenters. The zero-order valence-corrected chi connectivity index (χ0v) is 20.0. The molecule has 0 radical (unpaired) electrons. The van der Waals surface area contributed by atoms with Gasteiger partial charge >= 0.3 is 0 Å². The Kier molecular flexibility index (Phi) is 9.85. The summed E-state index contributed by atoms with van der Waals surface area (Å²) in [5.74, 6) is 3.63. The summed E-state index contributed by atoms with van der Waals surface area (Å²) in [4.78, 5) is 4.72. The summed E-state index contributed by atoms with van der Waals surface area (Å²) in [5, 5.41) is 6.58. The quantitative estimate of drug-likeness (QED) is 0.315. The summed E-state index contributed by atoms with van der Waals surface area (Å²) < 4.78 is 22.7. The number of hydrogen-bond acceptors (Lipinski definition) is 5. The summed E-state index contributed by atoms with van der Waals surface area (Å²) in [5.41, 5.74) is 1.85. The van der Waals surface area contributed by atoms with Crippen molar-refractivity contribution in [2.24, 2.45) is 4.99 Å². The molecule has 0 amide bonds. The molecule has 0 saturated heterocycles. The molecule has 0 fully saturated rings. The average molecular weight is 527 g/mol. The van der Waals surface area contributed by atoms with E-state index in [0.717, 1.165) is 35.7 Å². The molecule has 1 aliphatic heterocycles. The standard InChI is InChI=1S/C22H29N3O4.HI/c1-4-23-22(25-17-10-11-18(27-5-2)20(14-17)26-3)24-15-16-8-6-9-19-21(16)29-13-7-12-28-19;/h6,8-11,14H,4-5,7,12-13,15H2,1-3H3,(H2,23,24,25);1H. The van der Waals surface area contributed by atoms with Crippen LogP contribution >= 0.6 is 24.0 Å². The van der Waals surface area contributed by atoms with Crippen LogP contribution in [0.15, 0.2) is 41.4 Å². The van der Waals surface area contributed by atoms with Crippen LogP contribution in [0.4, 0.5) is 5.69 Å². The summed E-state index contributed by atoms with van der Waals surface area (Å²) >= 11 is 0. The van der Waals surface area contributed by atoms with Crippen LogP contribution in [0.5, 0.6) is 23.0 Å². The number of methoxy groups -OCH3 is 1. The van der Waals surface area contributed by atoms with Gasteiger partial charge in [0.1, 0.15) is 0 Å². The molecule has 0 aromatic heterocycles. The summed E-state index contributed by atoms with van der Waals surface area (Å²) in [6.07, 6.45) is 0.876. The molecule has 0 spiro atoms. The monoisotopic (exact) mass is 527 g/mol. The van der Waals surface area contributed by atoms with Crippen LogP contribution in [-0.2, 0) is 6.54 Å². The third kappa shape index (κ3) is 6.32. The van der Waals surface area contributed by atoms with E-state index in [9.17, 15) is 0 Å². The van der Waals surface area contributed by atoms with Gasteiger partial charge in [0.25, 0.3) is 0 Å². The molecule has 0 aliphatic carbocycles. The second-order valence-corrected chi connectivity index (χ2v) is 6.41. The van der Waals surface area contributed by atoms with E-state index in [0.29, 0.717) is 43.8 Å². The molecule has 2 aromatic rings. The number of benzene rings is 2. The summed E-state index contributed by atoms with van der Waals surface area (Å²) in [6, 6.07) is 11.6. The van der Waals surface area contributed by atoms with Gasteiger partial charge in [-0.15, -0.1) is 24.0 Å². The van der Waals surface area contributed by atoms with Crippen molar-refractivity contribution in [3.05, 3.63) is 42.0 Å². The van der Waals surface area contributed by atoms with Gasteiger partial charge in [-0.25, -0.2) is 4.99 Å². The Morgan fingerprint density at radius 2 is 1.93 bits per heavy atom. The first kappa shape index (κ1) is 23.9. The normalized spacial score (nSPS) is 13.0. The van der Waals surface area contributed by atoms with Crippen molar-refractivity contribution >= 4 is 35.6 Å². The van der Waals surface area contributed by atoms with Gasteiger partial charge in [-0.2, -0.15) is 0 Å². The van der Waals surface area contributed by atoms with Crippen LogP contribution < -0.4 is 29.6 Å². The molecule has 8 heteroatoms. The third-order valence-corrected chi connectivity index (χ3v) is 4.33. The Bertz CT molecular complexity index is 845. The number of ether oxygens (including phenoxy) is 4. The highest BCUT2D eigenvalue weighted by molar-refractivity contribution is 14.0. The van der Waals surface area contributed by atoms with Gasteiger partial charge in [-0.3, -0.25) is 0 Å². The molecule has 0 atom stereocenters. The van der Waals surface area contributed by atoms with E-state index < -0.39 is 0 Å². The van der Waals surface area contributed by atoms with Crippen LogP contribution in [0.2, 0.25) is 0 Å². The van der Waals surface area contributed by atoms with Crippen LogP contribution in [0, 0.1) is 0 Å². The largest absolute Gasteiger partial charge is 0.493 e. The van der Waals surface area contributed by atoms with Crippen molar-refractivity contribution < 1.29 is 18.9 Å². The van der Waals surface area contributed by atoms with Crippen LogP contribution in [0.3, 0.4) is 0 Å². The van der Waals surface area contributed by atoms with E-state index in [1.54, 1.807) is 7.11 Å². The number of anilines is 1. The second kappa shape index (κ2) is 12.4. The highest BCUT2D eigenvalue weighted by Gasteiger charge is 2.14. The maximum Gasteiger partial charge on any atom is 0.196 e. The molecule has 30 heavy (non-hydrogen) atoms. The first-order chi connectivity index (χ1) is 14.2. The zero-order valence-electron chi connectivity index (χ0n) is 17.7. The lowest BCUT2D eigenvalue weighted by Crippen LogP contribution is -2.30. The van der Waals surface area contributed by atoms with Gasteiger partial charge < -0.3 is 29.6 Å². The van der Waals surface area contributed by atoms with Gasteiger partial charge in [0.2, 0.25) is 0 Å². The van der Waals surface area contributed by atoms with Gasteiger partial charge in [0.15, 0.2) is 29.0 Å². The molecule has 0 bridgehead atoms. The Labute approximate surface area is 195 Å². The van der Waals surface area contributed by atoms with Crippen LogP contribution in [0.25, 0.3) is 0 Å². The molecular weight excluding hydrogens is 497 g/mol. The first-order valence-electron chi connectivity index (χ1n) is 9.98. The lowest BCUT2D eigenvalue weighted by Gasteiger charge is -2.15. The van der Waals surface area contributed by atoms with Gasteiger partial charge in [-0.05, 0) is 32.0 Å². The van der Waals surface area contributed by atoms with Crippen molar-refractivity contribution in [1.29, 1.82) is 0 Å². The maximum atomic E-state index is 5.89. The number of hydrogen-bond donors (Lipinski definition) is 2. The Balaban J connectivity index is 0.00000320. The molecular formula is C22H30IN3O4. The number of nitrogens with one attached hydrogen (secondary N) is 2. The van der Waals surface area contributed by atoms with Gasteiger partial charge in [0, 0.05) is 30.3 Å². The smallest absolute Gasteiger partial charge is 0.196 e. The Morgan fingerprint density at radius 1 is 1.10 bits per heavy atom. The number of aliphatic imine (C=N–C) groups is 1. The van der Waals surface area contributed by atoms with E-state index >= 15 is 0 Å². The molecule has 3 rings (SSSR count). The highest BCUT2D eigenvalue weighted by Crippen LogP contribution is 2.34. The third-order valence-electron chi connectivity index (χ3n) is 4.33. The first-order valence-corrected chi connectivity index (χ1v) is 9.98. The topological polar surface area (TPSA) is 73.3 Å². The van der Waals surface area contributed by atoms with Gasteiger partial charge in [-0.1, -0.05) is 12.1 Å². The molecule has 1 heterocycles. The molecule has 0 saturated carbocycles. The molecule has 2 aromatic carbocycles. The minimum Gasteiger partial charge on any atom is -0.493 e. The van der Waals surface area contributed by atoms with Crippen LogP contribution in [0.1, 0.15) is 25.8 Å². The SMILES string of the molecule is CCNC(=NCc1cccc2c1OCCCO2)Nc1ccc(OCC)c(OC)c1.I. The maximum absolute atomic E-state index is 5.89. The fourth-order valence-electron chi connectivity index (χ4n) is 3.01. The lowest BCUT2D eigenvalue weighted by molar-refractivity contribution is 0.296. The summed E-state index contributed by atoms with van der Waals surface area (Å²) in [6.45, 7) is 7.09. The minimum absolute atomic E-state index is 0. The Morgan fingerprint density at radius 3 is 2.70 bits per heavy atom.